The van der Waals surface area contributed by atoms with Crippen LogP contribution in [0.3, 0.4) is 0 Å². The zero-order chi connectivity index (χ0) is 12.2. The van der Waals surface area contributed by atoms with E-state index in [9.17, 15) is 5.26 Å². The Kier molecular flexibility index (Phi) is 4.70. The number of nitrogens with one attached hydrogen (secondary N) is 1. The number of hydrogen-bond donors (Lipinski definition) is 1. The summed E-state index contributed by atoms with van der Waals surface area (Å²) < 4.78 is 0.241. The van der Waals surface area contributed by atoms with E-state index in [1.807, 2.05) is 11.8 Å². The minimum absolute atomic E-state index is 0.241. The van der Waals surface area contributed by atoms with Crippen molar-refractivity contribution in [2.75, 3.05) is 12.3 Å². The van der Waals surface area contributed by atoms with Gasteiger partial charge in [-0.2, -0.15) is 17.0 Å². The molecule has 0 aromatic carbocycles. The highest BCUT2D eigenvalue weighted by Crippen LogP contribution is 2.42. The van der Waals surface area contributed by atoms with E-state index < -0.39 is 0 Å². The molecule has 92 valence electrons. The van der Waals surface area contributed by atoms with Crippen LogP contribution in [0.15, 0.2) is 0 Å². The predicted octanol–water partition coefficient (Wildman–Crippen LogP) is 3.19. The molecule has 0 amide bonds. The Morgan fingerprint density at radius 1 is 1.38 bits per heavy atom. The standard InChI is InChI=1S/C13H24N2S/c1-5-8-15-13(9-14,11-6-7-11)10-16-12(2,3)4/h11,15H,5-8,10H2,1-4H3. The molecular weight excluding hydrogens is 216 g/mol. The van der Waals surface area contributed by atoms with Crippen LogP contribution in [0.4, 0.5) is 0 Å². The molecule has 0 aromatic heterocycles. The summed E-state index contributed by atoms with van der Waals surface area (Å²) in [7, 11) is 0. The second kappa shape index (κ2) is 5.42. The van der Waals surface area contributed by atoms with Gasteiger partial charge in [0.15, 0.2) is 0 Å². The van der Waals surface area contributed by atoms with Crippen molar-refractivity contribution >= 4 is 11.8 Å². The number of rotatable bonds is 6. The summed E-state index contributed by atoms with van der Waals surface area (Å²) in [6.45, 7) is 9.75. The molecule has 0 aliphatic heterocycles. The SMILES string of the molecule is CCCNC(C#N)(CSC(C)(C)C)C1CC1. The number of nitriles is 1. The molecule has 1 rings (SSSR count). The second-order valence-corrected chi connectivity index (χ2v) is 7.49. The summed E-state index contributed by atoms with van der Waals surface area (Å²) in [5.74, 6) is 1.50. The fourth-order valence-electron chi connectivity index (χ4n) is 1.73. The predicted molar refractivity (Wildman–Crippen MR) is 71.6 cm³/mol. The van der Waals surface area contributed by atoms with E-state index in [4.69, 9.17) is 0 Å². The summed E-state index contributed by atoms with van der Waals surface area (Å²) in [5, 5.41) is 13.0. The van der Waals surface area contributed by atoms with Gasteiger partial charge in [-0.1, -0.05) is 27.7 Å². The van der Waals surface area contributed by atoms with Crippen molar-refractivity contribution in [1.82, 2.24) is 5.32 Å². The molecular formula is C13H24N2S. The molecule has 1 N–H and O–H groups in total. The Labute approximate surface area is 104 Å². The summed E-state index contributed by atoms with van der Waals surface area (Å²) >= 11 is 1.90. The van der Waals surface area contributed by atoms with Crippen molar-refractivity contribution < 1.29 is 0 Å². The molecule has 1 unspecified atom stereocenters. The Morgan fingerprint density at radius 3 is 2.38 bits per heavy atom. The van der Waals surface area contributed by atoms with Gasteiger partial charge in [0.2, 0.25) is 0 Å². The van der Waals surface area contributed by atoms with Crippen LogP contribution in [-0.2, 0) is 0 Å². The molecule has 0 spiro atoms. The lowest BCUT2D eigenvalue weighted by Crippen LogP contribution is -2.49. The van der Waals surface area contributed by atoms with Crippen LogP contribution in [0.25, 0.3) is 0 Å². The van der Waals surface area contributed by atoms with E-state index in [1.54, 1.807) is 0 Å². The molecule has 0 radical (unpaired) electrons. The number of thioether (sulfide) groups is 1. The van der Waals surface area contributed by atoms with Crippen LogP contribution < -0.4 is 5.32 Å². The lowest BCUT2D eigenvalue weighted by Gasteiger charge is -2.31. The first kappa shape index (κ1) is 13.9. The van der Waals surface area contributed by atoms with Gasteiger partial charge >= 0.3 is 0 Å². The lowest BCUT2D eigenvalue weighted by molar-refractivity contribution is 0.405. The van der Waals surface area contributed by atoms with Gasteiger partial charge in [0.25, 0.3) is 0 Å². The quantitative estimate of drug-likeness (QED) is 0.774. The fourth-order valence-corrected chi connectivity index (χ4v) is 2.79. The molecule has 0 bridgehead atoms. The van der Waals surface area contributed by atoms with Crippen LogP contribution in [0.1, 0.15) is 47.0 Å². The third-order valence-electron chi connectivity index (χ3n) is 2.90. The van der Waals surface area contributed by atoms with Gasteiger partial charge in [-0.3, -0.25) is 5.32 Å². The third-order valence-corrected chi connectivity index (χ3v) is 4.36. The highest BCUT2D eigenvalue weighted by molar-refractivity contribution is 8.00. The van der Waals surface area contributed by atoms with Crippen LogP contribution in [0, 0.1) is 17.2 Å². The maximum absolute atomic E-state index is 9.48. The first-order valence-electron chi connectivity index (χ1n) is 6.24. The third kappa shape index (κ3) is 3.99. The van der Waals surface area contributed by atoms with Gasteiger partial charge in [0, 0.05) is 10.5 Å². The highest BCUT2D eigenvalue weighted by Gasteiger charge is 2.45. The first-order chi connectivity index (χ1) is 7.43. The molecule has 1 aliphatic rings. The van der Waals surface area contributed by atoms with Crippen LogP contribution in [-0.4, -0.2) is 22.6 Å². The topological polar surface area (TPSA) is 35.8 Å². The largest absolute Gasteiger partial charge is 0.298 e. The summed E-state index contributed by atoms with van der Waals surface area (Å²) in [5.41, 5.74) is -0.270. The van der Waals surface area contributed by atoms with Crippen molar-refractivity contribution in [1.29, 1.82) is 5.26 Å². The Hall–Kier alpha value is -0.200. The van der Waals surface area contributed by atoms with Gasteiger partial charge in [0.05, 0.1) is 6.07 Å². The van der Waals surface area contributed by atoms with Crippen molar-refractivity contribution in [3.05, 3.63) is 0 Å². The van der Waals surface area contributed by atoms with Gasteiger partial charge in [0.1, 0.15) is 5.54 Å². The average Bonchev–Trinajstić information content (AvgIpc) is 3.02. The molecule has 3 heteroatoms. The highest BCUT2D eigenvalue weighted by atomic mass is 32.2. The van der Waals surface area contributed by atoms with Crippen molar-refractivity contribution in [2.45, 2.75) is 57.2 Å². The normalized spacial score (nSPS) is 20.2. The van der Waals surface area contributed by atoms with Crippen molar-refractivity contribution in [3.63, 3.8) is 0 Å². The maximum atomic E-state index is 9.48. The molecule has 1 saturated carbocycles. The zero-order valence-corrected chi connectivity index (χ0v) is 11.8. The monoisotopic (exact) mass is 240 g/mol. The molecule has 0 aromatic rings. The second-order valence-electron chi connectivity index (χ2n) is 5.69. The van der Waals surface area contributed by atoms with Crippen molar-refractivity contribution in [3.8, 4) is 6.07 Å². The van der Waals surface area contributed by atoms with Crippen LogP contribution in [0.2, 0.25) is 0 Å². The zero-order valence-electron chi connectivity index (χ0n) is 11.0. The van der Waals surface area contributed by atoms with Crippen LogP contribution >= 0.6 is 11.8 Å². The summed E-state index contributed by atoms with van der Waals surface area (Å²) in [6, 6.07) is 2.55. The fraction of sp³-hybridized carbons (Fsp3) is 0.923. The minimum atomic E-state index is -0.270. The Morgan fingerprint density at radius 2 is 2.00 bits per heavy atom. The van der Waals surface area contributed by atoms with E-state index in [0.717, 1.165) is 18.7 Å². The minimum Gasteiger partial charge on any atom is -0.298 e. The Bertz CT molecular complexity index is 260. The van der Waals surface area contributed by atoms with E-state index in [-0.39, 0.29) is 10.3 Å². The smallest absolute Gasteiger partial charge is 0.118 e. The van der Waals surface area contributed by atoms with E-state index in [2.05, 4.69) is 39.1 Å². The number of nitrogens with zero attached hydrogens (tertiary/aromatic N) is 1. The number of hydrogen-bond acceptors (Lipinski definition) is 3. The molecule has 0 heterocycles. The Balaban J connectivity index is 2.59. The molecule has 16 heavy (non-hydrogen) atoms. The lowest BCUT2D eigenvalue weighted by atomic mass is 9.97. The summed E-state index contributed by atoms with van der Waals surface area (Å²) in [4.78, 5) is 0. The van der Waals surface area contributed by atoms with Gasteiger partial charge in [-0.25, -0.2) is 0 Å². The van der Waals surface area contributed by atoms with Gasteiger partial charge in [-0.05, 0) is 31.7 Å². The maximum Gasteiger partial charge on any atom is 0.118 e. The van der Waals surface area contributed by atoms with Gasteiger partial charge in [-0.15, -0.1) is 0 Å². The van der Waals surface area contributed by atoms with Gasteiger partial charge < -0.3 is 0 Å². The van der Waals surface area contributed by atoms with E-state index in [1.165, 1.54) is 12.8 Å². The molecule has 2 nitrogen and oxygen atoms in total. The average molecular weight is 240 g/mol. The van der Waals surface area contributed by atoms with Crippen molar-refractivity contribution in [2.24, 2.45) is 5.92 Å². The molecule has 1 aliphatic carbocycles. The van der Waals surface area contributed by atoms with E-state index in [0.29, 0.717) is 5.92 Å². The van der Waals surface area contributed by atoms with E-state index >= 15 is 0 Å². The first-order valence-corrected chi connectivity index (χ1v) is 7.22. The molecule has 1 atom stereocenters. The molecule has 1 fully saturated rings. The van der Waals surface area contributed by atoms with Crippen LogP contribution in [0.5, 0.6) is 0 Å². The molecule has 0 saturated heterocycles. The summed E-state index contributed by atoms with van der Waals surface area (Å²) in [6.07, 6.45) is 3.53.